The number of ether oxygens (including phenoxy) is 1. The Morgan fingerprint density at radius 1 is 1.19 bits per heavy atom. The highest BCUT2D eigenvalue weighted by Crippen LogP contribution is 2.31. The maximum Gasteiger partial charge on any atom is 0.308 e. The predicted molar refractivity (Wildman–Crippen MR) is 103 cm³/mol. The minimum atomic E-state index is -0.141. The van der Waals surface area contributed by atoms with Crippen LogP contribution >= 0.6 is 0 Å². The number of benzene rings is 1. The van der Waals surface area contributed by atoms with Crippen LogP contribution in [0.25, 0.3) is 0 Å². The smallest absolute Gasteiger partial charge is 0.308 e. The van der Waals surface area contributed by atoms with Gasteiger partial charge in [-0.15, -0.1) is 0 Å². The molecule has 0 spiro atoms. The molecule has 0 saturated carbocycles. The zero-order chi connectivity index (χ0) is 18.7. The number of hydrogen-bond donors (Lipinski definition) is 2. The Kier molecular flexibility index (Phi) is 5.25. The van der Waals surface area contributed by atoms with Gasteiger partial charge in [-0.2, -0.15) is 0 Å². The van der Waals surface area contributed by atoms with Gasteiger partial charge in [0.2, 0.25) is 0 Å². The molecule has 1 aliphatic heterocycles. The summed E-state index contributed by atoms with van der Waals surface area (Å²) in [4.78, 5) is 22.4. The molecule has 7 nitrogen and oxygen atoms in total. The Hall–Kier alpha value is -2.83. The fourth-order valence-electron chi connectivity index (χ4n) is 3.42. The van der Waals surface area contributed by atoms with E-state index < -0.39 is 0 Å². The number of nitrogens with one attached hydrogen (secondary N) is 1. The van der Waals surface area contributed by atoms with Crippen molar-refractivity contribution in [3.8, 4) is 0 Å². The molecule has 0 atom stereocenters. The van der Waals surface area contributed by atoms with Gasteiger partial charge in [0.15, 0.2) is 11.6 Å². The molecule has 0 bridgehead atoms. The SMILES string of the molecule is COC(=O)C1CCN(c2ncnc(Nc3cc(C)cc(C)c3)c2N)CC1. The molecule has 1 saturated heterocycles. The van der Waals surface area contributed by atoms with Gasteiger partial charge in [0, 0.05) is 18.8 Å². The normalized spacial score (nSPS) is 15.0. The van der Waals surface area contributed by atoms with E-state index in [0.717, 1.165) is 18.5 Å². The Bertz CT molecular complexity index is 780. The molecule has 3 rings (SSSR count). The van der Waals surface area contributed by atoms with Crippen LogP contribution in [0.4, 0.5) is 23.0 Å². The summed E-state index contributed by atoms with van der Waals surface area (Å²) in [6.45, 7) is 5.53. The van der Waals surface area contributed by atoms with E-state index in [2.05, 4.69) is 52.2 Å². The molecule has 1 aliphatic rings. The van der Waals surface area contributed by atoms with Crippen LogP contribution in [0.15, 0.2) is 24.5 Å². The number of nitrogen functional groups attached to an aromatic ring is 1. The second kappa shape index (κ2) is 7.59. The summed E-state index contributed by atoms with van der Waals surface area (Å²) in [6, 6.07) is 6.22. The third-order valence-electron chi connectivity index (χ3n) is 4.68. The van der Waals surface area contributed by atoms with Gasteiger partial charge in [-0.3, -0.25) is 4.79 Å². The monoisotopic (exact) mass is 355 g/mol. The molecule has 1 aromatic carbocycles. The highest BCUT2D eigenvalue weighted by molar-refractivity contribution is 5.79. The molecule has 0 amide bonds. The molecule has 2 aromatic rings. The summed E-state index contributed by atoms with van der Waals surface area (Å²) in [5, 5.41) is 3.29. The second-order valence-electron chi connectivity index (χ2n) is 6.75. The molecule has 26 heavy (non-hydrogen) atoms. The summed E-state index contributed by atoms with van der Waals surface area (Å²) in [5.41, 5.74) is 10.1. The average Bonchev–Trinajstić information content (AvgIpc) is 2.62. The molecule has 3 N–H and O–H groups in total. The van der Waals surface area contributed by atoms with Crippen molar-refractivity contribution in [2.45, 2.75) is 26.7 Å². The van der Waals surface area contributed by atoms with Gasteiger partial charge < -0.3 is 20.7 Å². The van der Waals surface area contributed by atoms with E-state index in [0.29, 0.717) is 30.4 Å². The number of methoxy groups -OCH3 is 1. The van der Waals surface area contributed by atoms with Crippen LogP contribution in [-0.2, 0) is 9.53 Å². The van der Waals surface area contributed by atoms with Crippen molar-refractivity contribution in [1.82, 2.24) is 9.97 Å². The number of aromatic nitrogens is 2. The predicted octanol–water partition coefficient (Wildman–Crippen LogP) is 2.81. The van der Waals surface area contributed by atoms with Crippen molar-refractivity contribution in [1.29, 1.82) is 0 Å². The van der Waals surface area contributed by atoms with Crippen molar-refractivity contribution < 1.29 is 9.53 Å². The summed E-state index contributed by atoms with van der Waals surface area (Å²) in [5.74, 6) is 1.11. The second-order valence-corrected chi connectivity index (χ2v) is 6.75. The Morgan fingerprint density at radius 3 is 2.46 bits per heavy atom. The van der Waals surface area contributed by atoms with Crippen LogP contribution in [0.3, 0.4) is 0 Å². The summed E-state index contributed by atoms with van der Waals surface area (Å²) in [7, 11) is 1.43. The number of hydrogen-bond acceptors (Lipinski definition) is 7. The first kappa shape index (κ1) is 18.0. The molecule has 7 heteroatoms. The van der Waals surface area contributed by atoms with E-state index in [1.165, 1.54) is 24.6 Å². The van der Waals surface area contributed by atoms with Crippen molar-refractivity contribution in [2.75, 3.05) is 36.1 Å². The topological polar surface area (TPSA) is 93.4 Å². The first-order valence-corrected chi connectivity index (χ1v) is 8.76. The fraction of sp³-hybridized carbons (Fsp3) is 0.421. The average molecular weight is 355 g/mol. The maximum absolute atomic E-state index is 11.7. The molecule has 2 heterocycles. The van der Waals surface area contributed by atoms with Gasteiger partial charge in [-0.25, -0.2) is 9.97 Å². The molecule has 0 radical (unpaired) electrons. The first-order chi connectivity index (χ1) is 12.5. The van der Waals surface area contributed by atoms with Crippen LogP contribution in [0.5, 0.6) is 0 Å². The number of nitrogens with two attached hydrogens (primary N) is 1. The van der Waals surface area contributed by atoms with Gasteiger partial charge >= 0.3 is 5.97 Å². The number of piperidine rings is 1. The lowest BCUT2D eigenvalue weighted by Crippen LogP contribution is -2.37. The van der Waals surface area contributed by atoms with Gasteiger partial charge in [-0.1, -0.05) is 6.07 Å². The quantitative estimate of drug-likeness (QED) is 0.815. The number of carbonyl (C=O) groups excluding carboxylic acids is 1. The van der Waals surface area contributed by atoms with Gasteiger partial charge in [0.05, 0.1) is 13.0 Å². The lowest BCUT2D eigenvalue weighted by Gasteiger charge is -2.32. The van der Waals surface area contributed by atoms with E-state index in [1.54, 1.807) is 0 Å². The summed E-state index contributed by atoms with van der Waals surface area (Å²) in [6.07, 6.45) is 2.98. The maximum atomic E-state index is 11.7. The summed E-state index contributed by atoms with van der Waals surface area (Å²) < 4.78 is 4.84. The van der Waals surface area contributed by atoms with Crippen molar-refractivity contribution in [2.24, 2.45) is 5.92 Å². The molecule has 1 fully saturated rings. The number of rotatable bonds is 4. The molecule has 0 aliphatic carbocycles. The minimum absolute atomic E-state index is 0.0489. The van der Waals surface area contributed by atoms with Crippen molar-refractivity contribution in [3.63, 3.8) is 0 Å². The Balaban J connectivity index is 1.76. The Labute approximate surface area is 153 Å². The van der Waals surface area contributed by atoms with Crippen LogP contribution in [-0.4, -0.2) is 36.1 Å². The van der Waals surface area contributed by atoms with Crippen LogP contribution in [0, 0.1) is 19.8 Å². The van der Waals surface area contributed by atoms with E-state index in [9.17, 15) is 4.79 Å². The number of carbonyl (C=O) groups is 1. The van der Waals surface area contributed by atoms with Crippen LogP contribution in [0.1, 0.15) is 24.0 Å². The van der Waals surface area contributed by atoms with Crippen molar-refractivity contribution in [3.05, 3.63) is 35.7 Å². The van der Waals surface area contributed by atoms with E-state index >= 15 is 0 Å². The molecule has 1 aromatic heterocycles. The van der Waals surface area contributed by atoms with E-state index in [1.807, 2.05) is 0 Å². The highest BCUT2D eigenvalue weighted by atomic mass is 16.5. The zero-order valence-electron chi connectivity index (χ0n) is 15.5. The zero-order valence-corrected chi connectivity index (χ0v) is 15.5. The molecular formula is C19H25N5O2. The third kappa shape index (κ3) is 3.87. The van der Waals surface area contributed by atoms with Crippen LogP contribution < -0.4 is 16.0 Å². The third-order valence-corrected chi connectivity index (χ3v) is 4.68. The molecule has 0 unspecified atom stereocenters. The largest absolute Gasteiger partial charge is 0.469 e. The van der Waals surface area contributed by atoms with Crippen molar-refractivity contribution >= 4 is 29.0 Å². The number of nitrogens with zero attached hydrogens (tertiary/aromatic N) is 3. The highest BCUT2D eigenvalue weighted by Gasteiger charge is 2.27. The standard InChI is InChI=1S/C19H25N5O2/c1-12-8-13(2)10-15(9-12)23-17-16(20)18(22-11-21-17)24-6-4-14(5-7-24)19(25)26-3/h8-11,14H,4-7,20H2,1-3H3,(H,21,22,23). The van der Waals surface area contributed by atoms with E-state index in [4.69, 9.17) is 10.5 Å². The Morgan fingerprint density at radius 2 is 1.85 bits per heavy atom. The minimum Gasteiger partial charge on any atom is -0.469 e. The number of anilines is 4. The van der Waals surface area contributed by atoms with Gasteiger partial charge in [-0.05, 0) is 49.9 Å². The fourth-order valence-corrected chi connectivity index (χ4v) is 3.42. The molecular weight excluding hydrogens is 330 g/mol. The van der Waals surface area contributed by atoms with Crippen LogP contribution in [0.2, 0.25) is 0 Å². The molecule has 138 valence electrons. The summed E-state index contributed by atoms with van der Waals surface area (Å²) >= 11 is 0. The first-order valence-electron chi connectivity index (χ1n) is 8.76. The number of aryl methyl sites for hydroxylation is 2. The van der Waals surface area contributed by atoms with Gasteiger partial charge in [0.25, 0.3) is 0 Å². The van der Waals surface area contributed by atoms with Gasteiger partial charge in [0.1, 0.15) is 12.0 Å². The number of esters is 1. The lowest BCUT2D eigenvalue weighted by atomic mass is 9.97. The van der Waals surface area contributed by atoms with E-state index in [-0.39, 0.29) is 11.9 Å². The lowest BCUT2D eigenvalue weighted by molar-refractivity contribution is -0.146.